The van der Waals surface area contributed by atoms with E-state index in [0.29, 0.717) is 0 Å². The van der Waals surface area contributed by atoms with Crippen LogP contribution >= 0.6 is 0 Å². The summed E-state index contributed by atoms with van der Waals surface area (Å²) in [6.07, 6.45) is 0. The van der Waals surface area contributed by atoms with E-state index in [1.165, 1.54) is 6.07 Å². The second-order valence-corrected chi connectivity index (χ2v) is 6.02. The van der Waals surface area contributed by atoms with Gasteiger partial charge in [-0.25, -0.2) is 14.0 Å². The van der Waals surface area contributed by atoms with Gasteiger partial charge in [0.05, 0.1) is 11.2 Å². The van der Waals surface area contributed by atoms with E-state index >= 15 is 0 Å². The molecule has 1 heterocycles. The molecule has 0 aliphatic carbocycles. The molecular formula is C18H17FN4O4. The van der Waals surface area contributed by atoms with Crippen molar-refractivity contribution < 1.29 is 18.4 Å². The molecule has 0 radical (unpaired) electrons. The van der Waals surface area contributed by atoms with Crippen molar-refractivity contribution in [1.29, 1.82) is 0 Å². The fraction of sp³-hybridized carbons (Fsp3) is 0.167. The number of nitrogens with two attached hydrogens (primary N) is 1. The van der Waals surface area contributed by atoms with Crippen LogP contribution in [0.25, 0.3) is 11.1 Å². The molecule has 140 valence electrons. The number of halogens is 1. The van der Waals surface area contributed by atoms with E-state index in [1.54, 1.807) is 19.1 Å². The third-order valence-electron chi connectivity index (χ3n) is 4.18. The highest BCUT2D eigenvalue weighted by Crippen LogP contribution is 2.22. The molecule has 3 amide bonds. The van der Waals surface area contributed by atoms with Crippen LogP contribution in [0.4, 0.5) is 14.9 Å². The molecule has 8 nitrogen and oxygen atoms in total. The van der Waals surface area contributed by atoms with Crippen molar-refractivity contribution in [3.8, 4) is 0 Å². The van der Waals surface area contributed by atoms with E-state index < -0.39 is 35.5 Å². The number of aromatic amines is 1. The molecule has 1 aromatic heterocycles. The molecule has 0 spiro atoms. The molecule has 5 N–H and O–H groups in total. The topological polar surface area (TPSA) is 130 Å². The van der Waals surface area contributed by atoms with Gasteiger partial charge < -0.3 is 20.8 Å². The predicted molar refractivity (Wildman–Crippen MR) is 96.8 cm³/mol. The van der Waals surface area contributed by atoms with Gasteiger partial charge >= 0.3 is 11.8 Å². The molecule has 0 bridgehead atoms. The average molecular weight is 372 g/mol. The second kappa shape index (κ2) is 7.32. The fourth-order valence-electron chi connectivity index (χ4n) is 2.76. The van der Waals surface area contributed by atoms with Gasteiger partial charge in [0.15, 0.2) is 5.58 Å². The maximum atomic E-state index is 14.1. The van der Waals surface area contributed by atoms with Crippen LogP contribution < -0.4 is 22.1 Å². The summed E-state index contributed by atoms with van der Waals surface area (Å²) in [7, 11) is 0. The van der Waals surface area contributed by atoms with Crippen LogP contribution in [0.2, 0.25) is 0 Å². The Hall–Kier alpha value is -3.62. The number of primary amides is 1. The van der Waals surface area contributed by atoms with Crippen LogP contribution in [0.5, 0.6) is 0 Å². The minimum absolute atomic E-state index is 0.0841. The van der Waals surface area contributed by atoms with Crippen LogP contribution in [0.1, 0.15) is 18.4 Å². The molecule has 2 atom stereocenters. The highest BCUT2D eigenvalue weighted by Gasteiger charge is 2.26. The van der Waals surface area contributed by atoms with Gasteiger partial charge in [-0.05, 0) is 5.56 Å². The van der Waals surface area contributed by atoms with Gasteiger partial charge in [-0.3, -0.25) is 9.78 Å². The molecule has 9 heteroatoms. The number of hydrogen-bond acceptors (Lipinski definition) is 4. The van der Waals surface area contributed by atoms with E-state index in [9.17, 15) is 18.8 Å². The lowest BCUT2D eigenvalue weighted by Gasteiger charge is -2.23. The van der Waals surface area contributed by atoms with Crippen molar-refractivity contribution in [3.63, 3.8) is 0 Å². The Labute approximate surface area is 152 Å². The largest absolute Gasteiger partial charge is 0.417 e. The molecule has 27 heavy (non-hydrogen) atoms. The van der Waals surface area contributed by atoms with Crippen LogP contribution in [-0.4, -0.2) is 23.0 Å². The van der Waals surface area contributed by atoms with Crippen LogP contribution in [-0.2, 0) is 4.79 Å². The molecule has 0 aliphatic heterocycles. The summed E-state index contributed by atoms with van der Waals surface area (Å²) in [6, 6.07) is 9.41. The number of urea groups is 1. The number of oxazole rings is 1. The highest BCUT2D eigenvalue weighted by molar-refractivity contribution is 5.95. The number of nitrogens with one attached hydrogen (secondary N) is 3. The zero-order valence-electron chi connectivity index (χ0n) is 14.3. The Kier molecular flexibility index (Phi) is 4.93. The quantitative estimate of drug-likeness (QED) is 0.546. The molecule has 0 fully saturated rings. The Morgan fingerprint density at radius 3 is 2.59 bits per heavy atom. The van der Waals surface area contributed by atoms with E-state index in [2.05, 4.69) is 15.6 Å². The number of anilines is 1. The smallest absolute Gasteiger partial charge is 0.408 e. The van der Waals surface area contributed by atoms with Crippen LogP contribution in [0, 0.1) is 5.82 Å². The van der Waals surface area contributed by atoms with Crippen molar-refractivity contribution in [3.05, 3.63) is 64.4 Å². The van der Waals surface area contributed by atoms with E-state index in [4.69, 9.17) is 10.2 Å². The Bertz CT molecular complexity index is 1040. The summed E-state index contributed by atoms with van der Waals surface area (Å²) in [5.41, 5.74) is 6.26. The van der Waals surface area contributed by atoms with Crippen LogP contribution in [0.15, 0.2) is 51.7 Å². The standard InChI is InChI=1S/C18H17FN4O4/c1-9(10-5-3-2-4-6-10)15(16(20)24)23-17(25)21-12-8-14-13(7-11(12)19)22-18(26)27-14/h2-9,15H,1H3,(H2,20,24)(H,22,26)(H2,21,23,25). The minimum Gasteiger partial charge on any atom is -0.408 e. The van der Waals surface area contributed by atoms with Gasteiger partial charge in [-0.15, -0.1) is 0 Å². The van der Waals surface area contributed by atoms with Crippen molar-refractivity contribution in [2.24, 2.45) is 5.73 Å². The lowest BCUT2D eigenvalue weighted by Crippen LogP contribution is -2.49. The summed E-state index contributed by atoms with van der Waals surface area (Å²) in [5, 5.41) is 4.75. The minimum atomic E-state index is -1.01. The number of amides is 3. The zero-order chi connectivity index (χ0) is 19.6. The number of rotatable bonds is 5. The second-order valence-electron chi connectivity index (χ2n) is 6.02. The summed E-state index contributed by atoms with van der Waals surface area (Å²) in [5.74, 6) is -2.64. The SMILES string of the molecule is CC(c1ccccc1)C(NC(=O)Nc1cc2oc(=O)[nH]c2cc1F)C(N)=O. The molecule has 2 unspecified atom stereocenters. The summed E-state index contributed by atoms with van der Waals surface area (Å²) >= 11 is 0. The molecular weight excluding hydrogens is 355 g/mol. The third-order valence-corrected chi connectivity index (χ3v) is 4.18. The lowest BCUT2D eigenvalue weighted by molar-refractivity contribution is -0.120. The number of fused-ring (bicyclic) bond motifs is 1. The number of carbonyl (C=O) groups is 2. The normalized spacial score (nSPS) is 13.1. The van der Waals surface area contributed by atoms with Gasteiger partial charge in [-0.1, -0.05) is 37.3 Å². The van der Waals surface area contributed by atoms with Gasteiger partial charge in [0.2, 0.25) is 5.91 Å². The van der Waals surface area contributed by atoms with Crippen molar-refractivity contribution in [2.75, 3.05) is 5.32 Å². The summed E-state index contributed by atoms with van der Waals surface area (Å²) in [6.45, 7) is 1.74. The number of carbonyl (C=O) groups excluding carboxylic acids is 2. The maximum absolute atomic E-state index is 14.1. The van der Waals surface area contributed by atoms with Gasteiger partial charge in [0, 0.05) is 18.1 Å². The molecule has 0 aliphatic rings. The van der Waals surface area contributed by atoms with E-state index in [-0.39, 0.29) is 16.8 Å². The first-order chi connectivity index (χ1) is 12.8. The van der Waals surface area contributed by atoms with E-state index in [0.717, 1.165) is 11.6 Å². The molecule has 2 aromatic carbocycles. The number of hydrogen-bond donors (Lipinski definition) is 4. The Morgan fingerprint density at radius 2 is 1.93 bits per heavy atom. The lowest BCUT2D eigenvalue weighted by atomic mass is 9.93. The van der Waals surface area contributed by atoms with Crippen molar-refractivity contribution in [2.45, 2.75) is 18.9 Å². The van der Waals surface area contributed by atoms with Crippen molar-refractivity contribution >= 4 is 28.7 Å². The first kappa shape index (κ1) is 18.2. The van der Waals surface area contributed by atoms with Crippen LogP contribution in [0.3, 0.4) is 0 Å². The fourth-order valence-corrected chi connectivity index (χ4v) is 2.76. The first-order valence-electron chi connectivity index (χ1n) is 8.09. The Morgan fingerprint density at radius 1 is 1.22 bits per heavy atom. The van der Waals surface area contributed by atoms with Gasteiger partial charge in [0.25, 0.3) is 0 Å². The highest BCUT2D eigenvalue weighted by atomic mass is 19.1. The monoisotopic (exact) mass is 372 g/mol. The number of aromatic nitrogens is 1. The summed E-state index contributed by atoms with van der Waals surface area (Å²) < 4.78 is 18.9. The first-order valence-corrected chi connectivity index (χ1v) is 8.09. The van der Waals surface area contributed by atoms with Crippen molar-refractivity contribution in [1.82, 2.24) is 10.3 Å². The molecule has 3 rings (SSSR count). The van der Waals surface area contributed by atoms with Gasteiger partial charge in [-0.2, -0.15) is 0 Å². The molecule has 0 saturated heterocycles. The summed E-state index contributed by atoms with van der Waals surface area (Å²) in [4.78, 5) is 37.5. The predicted octanol–water partition coefficient (Wildman–Crippen LogP) is 2.04. The zero-order valence-corrected chi connectivity index (χ0v) is 14.3. The third kappa shape index (κ3) is 3.97. The molecule has 0 saturated carbocycles. The van der Waals surface area contributed by atoms with E-state index in [1.807, 2.05) is 18.2 Å². The average Bonchev–Trinajstić information content (AvgIpc) is 2.98. The number of benzene rings is 2. The maximum Gasteiger partial charge on any atom is 0.417 e. The van der Waals surface area contributed by atoms with Gasteiger partial charge in [0.1, 0.15) is 11.9 Å². The number of H-pyrrole nitrogens is 1. The molecule has 3 aromatic rings. The Balaban J connectivity index is 1.77.